The summed E-state index contributed by atoms with van der Waals surface area (Å²) in [6, 6.07) is 4.46. The van der Waals surface area contributed by atoms with Gasteiger partial charge in [-0.25, -0.2) is 9.37 Å². The summed E-state index contributed by atoms with van der Waals surface area (Å²) in [7, 11) is 0. The number of benzene rings is 1. The molecule has 0 radical (unpaired) electrons. The van der Waals surface area contributed by atoms with Crippen LogP contribution in [0.3, 0.4) is 0 Å². The van der Waals surface area contributed by atoms with E-state index in [2.05, 4.69) is 4.98 Å². The van der Waals surface area contributed by atoms with Crippen molar-refractivity contribution < 1.29 is 9.18 Å². The van der Waals surface area contributed by atoms with E-state index in [1.165, 1.54) is 23.5 Å². The lowest BCUT2D eigenvalue weighted by molar-refractivity contribution is -0.117. The lowest BCUT2D eigenvalue weighted by atomic mass is 10.0. The highest BCUT2D eigenvalue weighted by molar-refractivity contribution is 7.13. The standard InChI is InChI=1S/C13H13FN2OS/c1-8-4-10(14)3-2-9(8)5-12(17)6-11-7-18-13(15)16-11/h2-4,7H,5-6H2,1H3,(H2,15,16). The van der Waals surface area contributed by atoms with E-state index in [0.717, 1.165) is 11.1 Å². The van der Waals surface area contributed by atoms with Gasteiger partial charge in [-0.3, -0.25) is 4.79 Å². The summed E-state index contributed by atoms with van der Waals surface area (Å²) in [4.78, 5) is 15.9. The summed E-state index contributed by atoms with van der Waals surface area (Å²) in [5.41, 5.74) is 7.84. The van der Waals surface area contributed by atoms with Crippen molar-refractivity contribution in [2.24, 2.45) is 0 Å². The molecule has 5 heteroatoms. The van der Waals surface area contributed by atoms with Crippen molar-refractivity contribution in [3.63, 3.8) is 0 Å². The molecule has 0 bridgehead atoms. The van der Waals surface area contributed by atoms with Crippen LogP contribution in [0.25, 0.3) is 0 Å². The van der Waals surface area contributed by atoms with Crippen LogP contribution in [0.1, 0.15) is 16.8 Å². The van der Waals surface area contributed by atoms with Gasteiger partial charge in [0.1, 0.15) is 11.6 Å². The second-order valence-electron chi connectivity index (χ2n) is 4.14. The normalized spacial score (nSPS) is 10.6. The third-order valence-electron chi connectivity index (χ3n) is 2.64. The maximum absolute atomic E-state index is 12.9. The van der Waals surface area contributed by atoms with Crippen molar-refractivity contribution >= 4 is 22.3 Å². The van der Waals surface area contributed by atoms with Gasteiger partial charge in [0.25, 0.3) is 0 Å². The maximum atomic E-state index is 12.9. The number of thiazole rings is 1. The highest BCUT2D eigenvalue weighted by atomic mass is 32.1. The van der Waals surface area contributed by atoms with Gasteiger partial charge in [-0.2, -0.15) is 0 Å². The van der Waals surface area contributed by atoms with Crippen LogP contribution in [0.5, 0.6) is 0 Å². The second kappa shape index (κ2) is 5.27. The lowest BCUT2D eigenvalue weighted by Crippen LogP contribution is -2.08. The molecular formula is C13H13FN2OS. The number of Topliss-reactive ketones (excluding diaryl/α,β-unsaturated/α-hetero) is 1. The monoisotopic (exact) mass is 264 g/mol. The molecule has 94 valence electrons. The maximum Gasteiger partial charge on any atom is 0.180 e. The molecule has 0 amide bonds. The number of nitrogens with two attached hydrogens (primary N) is 1. The molecule has 0 saturated carbocycles. The van der Waals surface area contributed by atoms with E-state index in [1.807, 2.05) is 0 Å². The first-order valence-electron chi connectivity index (χ1n) is 5.51. The van der Waals surface area contributed by atoms with Gasteiger partial charge in [-0.05, 0) is 30.2 Å². The van der Waals surface area contributed by atoms with Crippen molar-refractivity contribution in [1.29, 1.82) is 0 Å². The summed E-state index contributed by atoms with van der Waals surface area (Å²) in [6.45, 7) is 1.80. The molecule has 1 aromatic carbocycles. The largest absolute Gasteiger partial charge is 0.375 e. The molecule has 0 fully saturated rings. The van der Waals surface area contributed by atoms with Gasteiger partial charge in [0, 0.05) is 18.2 Å². The predicted molar refractivity (Wildman–Crippen MR) is 70.1 cm³/mol. The zero-order valence-corrected chi connectivity index (χ0v) is 10.8. The van der Waals surface area contributed by atoms with E-state index < -0.39 is 0 Å². The van der Waals surface area contributed by atoms with Crippen LogP contribution in [0.15, 0.2) is 23.6 Å². The number of nitrogen functional groups attached to an aromatic ring is 1. The average molecular weight is 264 g/mol. The van der Waals surface area contributed by atoms with Gasteiger partial charge in [-0.1, -0.05) is 6.07 Å². The predicted octanol–water partition coefficient (Wildman–Crippen LogP) is 2.53. The number of rotatable bonds is 4. The molecule has 3 nitrogen and oxygen atoms in total. The Kier molecular flexibility index (Phi) is 3.72. The summed E-state index contributed by atoms with van der Waals surface area (Å²) < 4.78 is 12.9. The molecule has 0 aliphatic rings. The Hall–Kier alpha value is -1.75. The van der Waals surface area contributed by atoms with Gasteiger partial charge in [0.05, 0.1) is 5.69 Å². The lowest BCUT2D eigenvalue weighted by Gasteiger charge is -2.04. The average Bonchev–Trinajstić information content (AvgIpc) is 2.68. The minimum absolute atomic E-state index is 0.0509. The molecule has 1 aromatic heterocycles. The van der Waals surface area contributed by atoms with Crippen LogP contribution >= 0.6 is 11.3 Å². The highest BCUT2D eigenvalue weighted by Crippen LogP contribution is 2.14. The van der Waals surface area contributed by atoms with Crippen molar-refractivity contribution in [2.45, 2.75) is 19.8 Å². The van der Waals surface area contributed by atoms with E-state index >= 15 is 0 Å². The van der Waals surface area contributed by atoms with Crippen molar-refractivity contribution in [3.05, 3.63) is 46.2 Å². The van der Waals surface area contributed by atoms with Crippen LogP contribution in [0.2, 0.25) is 0 Å². The van der Waals surface area contributed by atoms with Crippen LogP contribution in [0.4, 0.5) is 9.52 Å². The van der Waals surface area contributed by atoms with Crippen molar-refractivity contribution in [2.75, 3.05) is 5.73 Å². The number of hydrogen-bond acceptors (Lipinski definition) is 4. The van der Waals surface area contributed by atoms with Crippen LogP contribution in [0, 0.1) is 12.7 Å². The summed E-state index contributed by atoms with van der Waals surface area (Å²) >= 11 is 1.32. The topological polar surface area (TPSA) is 56.0 Å². The first-order valence-corrected chi connectivity index (χ1v) is 6.39. The minimum Gasteiger partial charge on any atom is -0.375 e. The highest BCUT2D eigenvalue weighted by Gasteiger charge is 2.09. The number of aromatic nitrogens is 1. The minimum atomic E-state index is -0.282. The molecular weight excluding hydrogens is 251 g/mol. The number of halogens is 1. The van der Waals surface area contributed by atoms with Crippen molar-refractivity contribution in [3.8, 4) is 0 Å². The number of ketones is 1. The summed E-state index contributed by atoms with van der Waals surface area (Å²) in [6.07, 6.45) is 0.564. The number of carbonyl (C=O) groups excluding carboxylic acids is 1. The third-order valence-corrected chi connectivity index (χ3v) is 3.36. The molecule has 0 aliphatic carbocycles. The molecule has 2 rings (SSSR count). The summed E-state index contributed by atoms with van der Waals surface area (Å²) in [5.74, 6) is -0.231. The molecule has 2 N–H and O–H groups in total. The van der Waals surface area contributed by atoms with E-state index in [9.17, 15) is 9.18 Å². The molecule has 0 spiro atoms. The van der Waals surface area contributed by atoms with Gasteiger partial charge >= 0.3 is 0 Å². The van der Waals surface area contributed by atoms with Gasteiger partial charge < -0.3 is 5.73 Å². The Labute approximate surface area is 108 Å². The van der Waals surface area contributed by atoms with Crippen LogP contribution in [-0.4, -0.2) is 10.8 Å². The smallest absolute Gasteiger partial charge is 0.180 e. The Bertz CT molecular complexity index is 580. The number of aryl methyl sites for hydroxylation is 1. The fourth-order valence-corrected chi connectivity index (χ4v) is 2.30. The number of anilines is 1. The second-order valence-corrected chi connectivity index (χ2v) is 5.03. The molecule has 0 aliphatic heterocycles. The molecule has 0 unspecified atom stereocenters. The van der Waals surface area contributed by atoms with Gasteiger partial charge in [0.15, 0.2) is 5.13 Å². The van der Waals surface area contributed by atoms with Gasteiger partial charge in [-0.15, -0.1) is 11.3 Å². The quantitative estimate of drug-likeness (QED) is 0.923. The van der Waals surface area contributed by atoms with E-state index in [0.29, 0.717) is 17.2 Å². The number of nitrogens with zero attached hydrogens (tertiary/aromatic N) is 1. The Morgan fingerprint density at radius 1 is 1.44 bits per heavy atom. The van der Waals surface area contributed by atoms with E-state index in [4.69, 9.17) is 5.73 Å². The number of carbonyl (C=O) groups is 1. The third kappa shape index (κ3) is 3.13. The van der Waals surface area contributed by atoms with E-state index in [-0.39, 0.29) is 18.0 Å². The number of hydrogen-bond donors (Lipinski definition) is 1. The fourth-order valence-electron chi connectivity index (χ4n) is 1.74. The Balaban J connectivity index is 2.03. The molecule has 18 heavy (non-hydrogen) atoms. The van der Waals surface area contributed by atoms with Crippen LogP contribution < -0.4 is 5.73 Å². The van der Waals surface area contributed by atoms with Crippen LogP contribution in [-0.2, 0) is 17.6 Å². The Morgan fingerprint density at radius 2 is 2.22 bits per heavy atom. The molecule has 1 heterocycles. The van der Waals surface area contributed by atoms with E-state index in [1.54, 1.807) is 18.4 Å². The first kappa shape index (κ1) is 12.7. The van der Waals surface area contributed by atoms with Crippen molar-refractivity contribution in [1.82, 2.24) is 4.98 Å². The fraction of sp³-hybridized carbons (Fsp3) is 0.231. The molecule has 0 atom stereocenters. The molecule has 0 saturated heterocycles. The van der Waals surface area contributed by atoms with Gasteiger partial charge in [0.2, 0.25) is 0 Å². The SMILES string of the molecule is Cc1cc(F)ccc1CC(=O)Cc1csc(N)n1. The zero-order valence-electron chi connectivity index (χ0n) is 9.94. The Morgan fingerprint density at radius 3 is 2.83 bits per heavy atom. The molecule has 2 aromatic rings. The first-order chi connectivity index (χ1) is 8.54. The summed E-state index contributed by atoms with van der Waals surface area (Å²) in [5, 5.41) is 2.25. The zero-order chi connectivity index (χ0) is 13.1.